The van der Waals surface area contributed by atoms with Crippen LogP contribution in [0.4, 0.5) is 15.9 Å². The Labute approximate surface area is 203 Å². The molecule has 0 spiro atoms. The van der Waals surface area contributed by atoms with Crippen LogP contribution in [-0.4, -0.2) is 36.7 Å². The van der Waals surface area contributed by atoms with Gasteiger partial charge in [-0.05, 0) is 38.5 Å². The first-order valence-corrected chi connectivity index (χ1v) is 12.3. The summed E-state index contributed by atoms with van der Waals surface area (Å²) in [5.74, 6) is -2.66. The summed E-state index contributed by atoms with van der Waals surface area (Å²) in [6.07, 6.45) is 0.543. The summed E-state index contributed by atoms with van der Waals surface area (Å²) in [6, 6.07) is 10.8. The van der Waals surface area contributed by atoms with Gasteiger partial charge in [-0.15, -0.1) is 0 Å². The van der Waals surface area contributed by atoms with Gasteiger partial charge in [0.2, 0.25) is 5.91 Å². The Bertz CT molecular complexity index is 1390. The zero-order chi connectivity index (χ0) is 25.9. The van der Waals surface area contributed by atoms with Gasteiger partial charge in [0.15, 0.2) is 11.5 Å². The average Bonchev–Trinajstić information content (AvgIpc) is 2.79. The van der Waals surface area contributed by atoms with Crippen molar-refractivity contribution < 1.29 is 22.4 Å². The Morgan fingerprint density at radius 1 is 1.09 bits per heavy atom. The van der Waals surface area contributed by atoms with Crippen LogP contribution in [0.3, 0.4) is 0 Å². The van der Waals surface area contributed by atoms with E-state index in [1.54, 1.807) is 11.6 Å². The lowest BCUT2D eigenvalue weighted by Gasteiger charge is -2.22. The lowest BCUT2D eigenvalue weighted by Crippen LogP contribution is -2.33. The van der Waals surface area contributed by atoms with Crippen molar-refractivity contribution in [3.63, 3.8) is 0 Å². The number of amides is 2. The summed E-state index contributed by atoms with van der Waals surface area (Å²) < 4.78 is 40.8. The van der Waals surface area contributed by atoms with E-state index in [-0.39, 0.29) is 23.7 Å². The minimum atomic E-state index is -4.39. The zero-order valence-corrected chi connectivity index (χ0v) is 20.6. The number of anilines is 2. The Kier molecular flexibility index (Phi) is 7.49. The maximum atomic E-state index is 14.7. The normalized spacial score (nSPS) is 11.2. The number of rotatable bonds is 7. The van der Waals surface area contributed by atoms with Crippen molar-refractivity contribution in [1.82, 2.24) is 14.7 Å². The molecule has 0 aliphatic heterocycles. The van der Waals surface area contributed by atoms with E-state index in [0.29, 0.717) is 17.8 Å². The molecule has 35 heavy (non-hydrogen) atoms. The van der Waals surface area contributed by atoms with E-state index in [4.69, 9.17) is 5.73 Å². The fraction of sp³-hybridized carbons (Fsp3) is 0.250. The third-order valence-corrected chi connectivity index (χ3v) is 6.68. The highest BCUT2D eigenvalue weighted by Crippen LogP contribution is 2.27. The summed E-state index contributed by atoms with van der Waals surface area (Å²) in [5, 5.41) is 0. The molecule has 1 heterocycles. The number of hydrogen-bond acceptors (Lipinski definition) is 7. The highest BCUT2D eigenvalue weighted by Gasteiger charge is 2.26. The predicted octanol–water partition coefficient (Wildman–Crippen LogP) is 3.23. The smallest absolute Gasteiger partial charge is 0.280 e. The lowest BCUT2D eigenvalue weighted by molar-refractivity contribution is -0.117. The van der Waals surface area contributed by atoms with Gasteiger partial charge >= 0.3 is 0 Å². The van der Waals surface area contributed by atoms with Crippen molar-refractivity contribution in [2.75, 3.05) is 17.2 Å². The average molecular weight is 500 g/mol. The van der Waals surface area contributed by atoms with Crippen LogP contribution in [0.25, 0.3) is 11.3 Å². The van der Waals surface area contributed by atoms with Gasteiger partial charge in [-0.2, -0.15) is 0 Å². The molecule has 0 aliphatic rings. The number of benzene rings is 2. The molecule has 0 atom stereocenters. The second kappa shape index (κ2) is 10.2. The molecule has 0 aliphatic carbocycles. The Morgan fingerprint density at radius 3 is 2.29 bits per heavy atom. The molecule has 0 saturated heterocycles. The van der Waals surface area contributed by atoms with Gasteiger partial charge < -0.3 is 10.6 Å². The fourth-order valence-corrected chi connectivity index (χ4v) is 4.57. The van der Waals surface area contributed by atoms with Gasteiger partial charge in [-0.3, -0.25) is 9.59 Å². The first kappa shape index (κ1) is 25.8. The topological polar surface area (TPSA) is 135 Å². The first-order valence-electron chi connectivity index (χ1n) is 10.9. The summed E-state index contributed by atoms with van der Waals surface area (Å²) in [6.45, 7) is 6.65. The number of carbonyl (C=O) groups is 2. The predicted molar refractivity (Wildman–Crippen MR) is 131 cm³/mol. The van der Waals surface area contributed by atoms with Crippen LogP contribution in [0.5, 0.6) is 0 Å². The fourth-order valence-electron chi connectivity index (χ4n) is 3.52. The van der Waals surface area contributed by atoms with E-state index in [1.807, 2.05) is 38.1 Å². The molecule has 0 radical (unpaired) electrons. The second-order valence-corrected chi connectivity index (χ2v) is 9.45. The number of aryl methyl sites for hydroxylation is 2. The van der Waals surface area contributed by atoms with Gasteiger partial charge in [-0.25, -0.2) is 27.5 Å². The molecule has 0 saturated carbocycles. The molecule has 3 rings (SSSR count). The van der Waals surface area contributed by atoms with Crippen molar-refractivity contribution in [3.05, 3.63) is 65.2 Å². The summed E-state index contributed by atoms with van der Waals surface area (Å²) in [4.78, 5) is 34.0. The third-order valence-electron chi connectivity index (χ3n) is 5.21. The molecule has 0 fully saturated rings. The SMILES string of the molecule is CCc1nc(N)c(C(=O)N(CC)c2ccc(S(=O)(=O)NC(C)=O)c(F)c2)nc1-c1ccc(C)cc1. The number of halogens is 1. The number of carbonyl (C=O) groups excluding carboxylic acids is 2. The van der Waals surface area contributed by atoms with Gasteiger partial charge in [0.25, 0.3) is 15.9 Å². The number of nitrogens with one attached hydrogen (secondary N) is 1. The van der Waals surface area contributed by atoms with Crippen molar-refractivity contribution in [3.8, 4) is 11.3 Å². The van der Waals surface area contributed by atoms with Crippen molar-refractivity contribution in [2.24, 2.45) is 0 Å². The summed E-state index contributed by atoms with van der Waals surface area (Å²) in [7, 11) is -4.39. The number of sulfonamides is 1. The van der Waals surface area contributed by atoms with E-state index in [2.05, 4.69) is 9.97 Å². The minimum absolute atomic E-state index is 0.0634. The molecule has 11 heteroatoms. The molecule has 9 nitrogen and oxygen atoms in total. The number of nitrogen functional groups attached to an aromatic ring is 1. The van der Waals surface area contributed by atoms with Crippen molar-refractivity contribution in [2.45, 2.75) is 39.0 Å². The largest absolute Gasteiger partial charge is 0.382 e. The van der Waals surface area contributed by atoms with Crippen LogP contribution in [0, 0.1) is 12.7 Å². The number of nitrogens with two attached hydrogens (primary N) is 1. The molecular formula is C24H26FN5O4S. The molecular weight excluding hydrogens is 473 g/mol. The molecule has 2 aromatic carbocycles. The standard InChI is InChI=1S/C24H26FN5O4S/c1-5-19-21(16-9-7-14(3)8-10-16)28-22(23(26)27-19)24(32)30(6-2)17-11-12-20(18(25)13-17)35(33,34)29-15(4)31/h7-13H,5-6H2,1-4H3,(H2,26,27)(H,29,31). The molecule has 3 aromatic rings. The lowest BCUT2D eigenvalue weighted by atomic mass is 10.1. The molecule has 2 amide bonds. The first-order chi connectivity index (χ1) is 16.5. The van der Waals surface area contributed by atoms with Gasteiger partial charge in [0, 0.05) is 24.7 Å². The summed E-state index contributed by atoms with van der Waals surface area (Å²) >= 11 is 0. The minimum Gasteiger partial charge on any atom is -0.382 e. The van der Waals surface area contributed by atoms with E-state index in [1.165, 1.54) is 11.0 Å². The van der Waals surface area contributed by atoms with Gasteiger partial charge in [-0.1, -0.05) is 36.8 Å². The zero-order valence-electron chi connectivity index (χ0n) is 19.8. The molecule has 0 bridgehead atoms. The van der Waals surface area contributed by atoms with Crippen LogP contribution in [0.15, 0.2) is 47.4 Å². The van der Waals surface area contributed by atoms with Crippen LogP contribution < -0.4 is 15.4 Å². The van der Waals surface area contributed by atoms with E-state index < -0.39 is 32.6 Å². The van der Waals surface area contributed by atoms with Crippen molar-refractivity contribution in [1.29, 1.82) is 0 Å². The van der Waals surface area contributed by atoms with E-state index in [0.717, 1.165) is 30.2 Å². The Balaban J connectivity index is 2.04. The van der Waals surface area contributed by atoms with Crippen LogP contribution in [0.1, 0.15) is 42.5 Å². The van der Waals surface area contributed by atoms with Crippen LogP contribution >= 0.6 is 0 Å². The van der Waals surface area contributed by atoms with Crippen LogP contribution in [-0.2, 0) is 21.2 Å². The van der Waals surface area contributed by atoms with Crippen LogP contribution in [0.2, 0.25) is 0 Å². The number of nitrogens with zero attached hydrogens (tertiary/aromatic N) is 3. The Hall–Kier alpha value is -3.86. The molecule has 1 aromatic heterocycles. The van der Waals surface area contributed by atoms with Gasteiger partial charge in [0.05, 0.1) is 11.4 Å². The maximum absolute atomic E-state index is 14.7. The van der Waals surface area contributed by atoms with Gasteiger partial charge in [0.1, 0.15) is 10.7 Å². The maximum Gasteiger partial charge on any atom is 0.280 e. The molecule has 0 unspecified atom stereocenters. The molecule has 3 N–H and O–H groups in total. The second-order valence-electron chi connectivity index (χ2n) is 7.80. The van der Waals surface area contributed by atoms with E-state index in [9.17, 15) is 22.4 Å². The number of hydrogen-bond donors (Lipinski definition) is 2. The number of aromatic nitrogens is 2. The highest BCUT2D eigenvalue weighted by atomic mass is 32.2. The highest BCUT2D eigenvalue weighted by molar-refractivity contribution is 7.90. The quantitative estimate of drug-likeness (QED) is 0.509. The van der Waals surface area contributed by atoms with E-state index >= 15 is 0 Å². The monoisotopic (exact) mass is 499 g/mol. The molecule has 184 valence electrons. The third kappa shape index (κ3) is 5.46. The van der Waals surface area contributed by atoms with Crippen molar-refractivity contribution >= 4 is 33.3 Å². The Morgan fingerprint density at radius 2 is 1.74 bits per heavy atom. The summed E-state index contributed by atoms with van der Waals surface area (Å²) in [5.41, 5.74) is 9.06.